The zero-order valence-electron chi connectivity index (χ0n) is 12.2. The standard InChI is InChI=1S/C16H19F2NO3/c17-11-4-3-5-12(18)14(11)16(6-1-2-7-16)19-15(20)13-10-21-8-9-22-13/h3-5,13H,1-2,6-10H2,(H,19,20). The van der Waals surface area contributed by atoms with E-state index in [2.05, 4.69) is 5.32 Å². The third-order valence-electron chi connectivity index (χ3n) is 4.37. The Morgan fingerprint density at radius 3 is 2.45 bits per heavy atom. The Balaban J connectivity index is 1.87. The van der Waals surface area contributed by atoms with E-state index in [0.717, 1.165) is 12.8 Å². The summed E-state index contributed by atoms with van der Waals surface area (Å²) >= 11 is 0. The van der Waals surface area contributed by atoms with Crippen LogP contribution in [0.5, 0.6) is 0 Å². The predicted octanol–water partition coefficient (Wildman–Crippen LogP) is 2.27. The molecule has 4 nitrogen and oxygen atoms in total. The average molecular weight is 311 g/mol. The van der Waals surface area contributed by atoms with Crippen molar-refractivity contribution in [2.45, 2.75) is 37.3 Å². The first-order valence-corrected chi connectivity index (χ1v) is 7.58. The van der Waals surface area contributed by atoms with Crippen molar-refractivity contribution in [1.82, 2.24) is 5.32 Å². The topological polar surface area (TPSA) is 47.6 Å². The highest BCUT2D eigenvalue weighted by Gasteiger charge is 2.42. The van der Waals surface area contributed by atoms with E-state index in [1.54, 1.807) is 0 Å². The van der Waals surface area contributed by atoms with E-state index < -0.39 is 23.3 Å². The summed E-state index contributed by atoms with van der Waals surface area (Å²) in [5.41, 5.74) is -1.04. The number of carbonyl (C=O) groups is 1. The summed E-state index contributed by atoms with van der Waals surface area (Å²) in [5.74, 6) is -1.62. The minimum atomic E-state index is -0.993. The normalized spacial score (nSPS) is 24.2. The molecule has 1 aliphatic heterocycles. The second-order valence-electron chi connectivity index (χ2n) is 5.81. The summed E-state index contributed by atoms with van der Waals surface area (Å²) in [7, 11) is 0. The van der Waals surface area contributed by atoms with Crippen molar-refractivity contribution in [3.8, 4) is 0 Å². The molecule has 22 heavy (non-hydrogen) atoms. The van der Waals surface area contributed by atoms with E-state index >= 15 is 0 Å². The van der Waals surface area contributed by atoms with Gasteiger partial charge in [-0.3, -0.25) is 4.79 Å². The molecule has 2 fully saturated rings. The fourth-order valence-electron chi connectivity index (χ4n) is 3.33. The number of hydrogen-bond donors (Lipinski definition) is 1. The summed E-state index contributed by atoms with van der Waals surface area (Å²) in [5, 5.41) is 2.84. The van der Waals surface area contributed by atoms with Gasteiger partial charge >= 0.3 is 0 Å². The van der Waals surface area contributed by atoms with Crippen LogP contribution in [0.25, 0.3) is 0 Å². The van der Waals surface area contributed by atoms with Crippen LogP contribution in [0, 0.1) is 11.6 Å². The first-order chi connectivity index (χ1) is 10.6. The fourth-order valence-corrected chi connectivity index (χ4v) is 3.33. The number of ether oxygens (including phenoxy) is 2. The molecule has 6 heteroatoms. The zero-order valence-corrected chi connectivity index (χ0v) is 12.2. The summed E-state index contributed by atoms with van der Waals surface area (Å²) in [6.45, 7) is 0.970. The number of amides is 1. The first kappa shape index (κ1) is 15.4. The van der Waals surface area contributed by atoms with Gasteiger partial charge in [0.25, 0.3) is 5.91 Å². The maximum absolute atomic E-state index is 14.2. The molecule has 1 heterocycles. The van der Waals surface area contributed by atoms with Crippen LogP contribution in [0.3, 0.4) is 0 Å². The molecule has 1 amide bonds. The second-order valence-corrected chi connectivity index (χ2v) is 5.81. The molecule has 1 aromatic carbocycles. The number of hydrogen-bond acceptors (Lipinski definition) is 3. The van der Waals surface area contributed by atoms with Crippen molar-refractivity contribution in [1.29, 1.82) is 0 Å². The Morgan fingerprint density at radius 1 is 1.18 bits per heavy atom. The Bertz CT molecular complexity index is 532. The van der Waals surface area contributed by atoms with Crippen LogP contribution in [-0.4, -0.2) is 31.8 Å². The summed E-state index contributed by atoms with van der Waals surface area (Å²) in [6.07, 6.45) is 1.95. The molecule has 120 valence electrons. The first-order valence-electron chi connectivity index (χ1n) is 7.58. The van der Waals surface area contributed by atoms with Gasteiger partial charge in [0.2, 0.25) is 0 Å². The number of nitrogens with one attached hydrogen (secondary N) is 1. The second kappa shape index (κ2) is 6.30. The minimum Gasteiger partial charge on any atom is -0.376 e. The van der Waals surface area contributed by atoms with Gasteiger partial charge in [-0.1, -0.05) is 18.9 Å². The molecule has 1 N–H and O–H groups in total. The van der Waals surface area contributed by atoms with Gasteiger partial charge in [0.15, 0.2) is 6.10 Å². The van der Waals surface area contributed by atoms with Crippen molar-refractivity contribution in [3.63, 3.8) is 0 Å². The smallest absolute Gasteiger partial charge is 0.252 e. The van der Waals surface area contributed by atoms with Gasteiger partial charge in [0.05, 0.1) is 25.4 Å². The van der Waals surface area contributed by atoms with E-state index in [9.17, 15) is 13.6 Å². The Hall–Kier alpha value is -1.53. The molecule has 0 bridgehead atoms. The van der Waals surface area contributed by atoms with Gasteiger partial charge in [-0.05, 0) is 25.0 Å². The van der Waals surface area contributed by atoms with Gasteiger partial charge in [0, 0.05) is 5.56 Å². The Morgan fingerprint density at radius 2 is 1.86 bits per heavy atom. The summed E-state index contributed by atoms with van der Waals surface area (Å²) in [6, 6.07) is 3.78. The fraction of sp³-hybridized carbons (Fsp3) is 0.562. The van der Waals surface area contributed by atoms with Crippen LogP contribution in [0.1, 0.15) is 31.2 Å². The molecule has 1 unspecified atom stereocenters. The molecule has 1 saturated carbocycles. The highest BCUT2D eigenvalue weighted by molar-refractivity contribution is 5.82. The van der Waals surface area contributed by atoms with E-state index in [-0.39, 0.29) is 18.1 Å². The molecule has 0 aromatic heterocycles. The molecular formula is C16H19F2NO3. The summed E-state index contributed by atoms with van der Waals surface area (Å²) in [4.78, 5) is 12.4. The molecule has 0 spiro atoms. The molecule has 0 radical (unpaired) electrons. The van der Waals surface area contributed by atoms with E-state index in [1.165, 1.54) is 18.2 Å². The van der Waals surface area contributed by atoms with Crippen molar-refractivity contribution in [2.24, 2.45) is 0 Å². The summed E-state index contributed by atoms with van der Waals surface area (Å²) < 4.78 is 39.0. The maximum atomic E-state index is 14.2. The van der Waals surface area contributed by atoms with Gasteiger partial charge in [0.1, 0.15) is 11.6 Å². The molecule has 2 aliphatic rings. The largest absolute Gasteiger partial charge is 0.376 e. The Labute approximate surface area is 127 Å². The van der Waals surface area contributed by atoms with Crippen LogP contribution in [0.2, 0.25) is 0 Å². The maximum Gasteiger partial charge on any atom is 0.252 e. The average Bonchev–Trinajstić information content (AvgIpc) is 2.97. The van der Waals surface area contributed by atoms with E-state index in [1.807, 2.05) is 0 Å². The lowest BCUT2D eigenvalue weighted by molar-refractivity contribution is -0.149. The quantitative estimate of drug-likeness (QED) is 0.931. The third-order valence-corrected chi connectivity index (χ3v) is 4.37. The molecule has 3 rings (SSSR count). The van der Waals surface area contributed by atoms with Crippen molar-refractivity contribution < 1.29 is 23.0 Å². The minimum absolute atomic E-state index is 0.0439. The molecule has 1 saturated heterocycles. The van der Waals surface area contributed by atoms with Crippen molar-refractivity contribution in [2.75, 3.05) is 19.8 Å². The number of halogens is 2. The third kappa shape index (κ3) is 2.85. The highest BCUT2D eigenvalue weighted by Crippen LogP contribution is 2.41. The molecule has 1 atom stereocenters. The van der Waals surface area contributed by atoms with Crippen LogP contribution in [-0.2, 0) is 19.8 Å². The van der Waals surface area contributed by atoms with Gasteiger partial charge in [-0.25, -0.2) is 8.78 Å². The van der Waals surface area contributed by atoms with E-state index in [4.69, 9.17) is 9.47 Å². The Kier molecular flexibility index (Phi) is 4.40. The van der Waals surface area contributed by atoms with Gasteiger partial charge in [-0.15, -0.1) is 0 Å². The lowest BCUT2D eigenvalue weighted by Gasteiger charge is -2.34. The highest BCUT2D eigenvalue weighted by atomic mass is 19.1. The predicted molar refractivity (Wildman–Crippen MR) is 75.2 cm³/mol. The monoisotopic (exact) mass is 311 g/mol. The van der Waals surface area contributed by atoms with Gasteiger partial charge < -0.3 is 14.8 Å². The molecule has 1 aliphatic carbocycles. The number of carbonyl (C=O) groups excluding carboxylic acids is 1. The molecular weight excluding hydrogens is 292 g/mol. The number of benzene rings is 1. The van der Waals surface area contributed by atoms with Crippen LogP contribution in [0.15, 0.2) is 18.2 Å². The molecule has 1 aromatic rings. The van der Waals surface area contributed by atoms with E-state index in [0.29, 0.717) is 26.1 Å². The number of rotatable bonds is 3. The lowest BCUT2D eigenvalue weighted by Crippen LogP contribution is -2.51. The zero-order chi connectivity index (χ0) is 15.6. The van der Waals surface area contributed by atoms with Crippen LogP contribution in [0.4, 0.5) is 8.78 Å². The SMILES string of the molecule is O=C(NC1(c2c(F)cccc2F)CCCC1)C1COCCO1. The van der Waals surface area contributed by atoms with Crippen LogP contribution >= 0.6 is 0 Å². The van der Waals surface area contributed by atoms with Crippen molar-refractivity contribution in [3.05, 3.63) is 35.4 Å². The van der Waals surface area contributed by atoms with Crippen LogP contribution < -0.4 is 5.32 Å². The van der Waals surface area contributed by atoms with Crippen molar-refractivity contribution >= 4 is 5.91 Å². The lowest BCUT2D eigenvalue weighted by atomic mass is 9.87. The van der Waals surface area contributed by atoms with Gasteiger partial charge in [-0.2, -0.15) is 0 Å².